The van der Waals surface area contributed by atoms with Gasteiger partial charge in [-0.2, -0.15) is 0 Å². The molecule has 2 heterocycles. The van der Waals surface area contributed by atoms with Crippen LogP contribution in [0.1, 0.15) is 5.69 Å². The van der Waals surface area contributed by atoms with Gasteiger partial charge in [0.2, 0.25) is 5.95 Å². The molecule has 0 aliphatic carbocycles. The molecule has 0 spiro atoms. The van der Waals surface area contributed by atoms with Crippen molar-refractivity contribution in [3.8, 4) is 5.75 Å². The predicted molar refractivity (Wildman–Crippen MR) is 109 cm³/mol. The Balaban J connectivity index is 1.39. The number of nitrogens with zero attached hydrogens (tertiary/aromatic N) is 2. The summed E-state index contributed by atoms with van der Waals surface area (Å²) in [7, 11) is 0. The highest BCUT2D eigenvalue weighted by atomic mass is 32.2. The first kappa shape index (κ1) is 19.6. The summed E-state index contributed by atoms with van der Waals surface area (Å²) >= 11 is 0.587. The number of benzene rings is 2. The van der Waals surface area contributed by atoms with Crippen molar-refractivity contribution < 1.29 is 17.8 Å². The average molecular weight is 427 g/mol. The first-order chi connectivity index (χ1) is 14.6. The molecule has 0 radical (unpaired) electrons. The minimum Gasteiger partial charge on any atom is -0.420 e. The van der Waals surface area contributed by atoms with Crippen LogP contribution in [0.5, 0.6) is 5.75 Å². The van der Waals surface area contributed by atoms with Gasteiger partial charge < -0.3 is 14.5 Å². The standard InChI is InChI=1S/C20H15F2N5O2S/c21-14-5-3-6-15(22)18(14)30-29-13-7-8-16-17(10-13)26-19(25-16)27-20(28)24-11-12-4-1-2-9-23-12/h1-10H,11H2,(H3,24,25,26,27,28). The van der Waals surface area contributed by atoms with Gasteiger partial charge in [-0.1, -0.05) is 12.1 Å². The number of pyridine rings is 1. The first-order valence-electron chi connectivity index (χ1n) is 8.81. The summed E-state index contributed by atoms with van der Waals surface area (Å²) in [6.07, 6.45) is 1.65. The first-order valence-corrected chi connectivity index (χ1v) is 9.56. The number of urea groups is 1. The van der Waals surface area contributed by atoms with Crippen LogP contribution in [-0.2, 0) is 6.54 Å². The number of H-pyrrole nitrogens is 1. The number of carbonyl (C=O) groups excluding carboxylic acids is 1. The van der Waals surface area contributed by atoms with E-state index in [1.165, 1.54) is 6.07 Å². The number of aromatic amines is 1. The highest BCUT2D eigenvalue weighted by Gasteiger charge is 2.12. The second kappa shape index (κ2) is 8.78. The molecule has 2 aromatic carbocycles. The number of anilines is 1. The average Bonchev–Trinajstić information content (AvgIpc) is 3.14. The number of hydrogen-bond acceptors (Lipinski definition) is 5. The van der Waals surface area contributed by atoms with Crippen molar-refractivity contribution in [2.45, 2.75) is 11.4 Å². The van der Waals surface area contributed by atoms with E-state index in [-0.39, 0.29) is 17.4 Å². The van der Waals surface area contributed by atoms with Crippen molar-refractivity contribution in [2.75, 3.05) is 5.32 Å². The number of carbonyl (C=O) groups is 1. The predicted octanol–water partition coefficient (Wildman–Crippen LogP) is 4.64. The van der Waals surface area contributed by atoms with Gasteiger partial charge in [-0.15, -0.1) is 0 Å². The van der Waals surface area contributed by atoms with Crippen molar-refractivity contribution in [2.24, 2.45) is 0 Å². The molecule has 0 saturated heterocycles. The summed E-state index contributed by atoms with van der Waals surface area (Å²) in [5.41, 5.74) is 1.90. The molecule has 0 aliphatic rings. The monoisotopic (exact) mass is 427 g/mol. The van der Waals surface area contributed by atoms with Gasteiger partial charge in [0.1, 0.15) is 22.3 Å². The van der Waals surface area contributed by atoms with Gasteiger partial charge in [-0.25, -0.2) is 18.6 Å². The van der Waals surface area contributed by atoms with Gasteiger partial charge in [0.25, 0.3) is 0 Å². The van der Waals surface area contributed by atoms with Crippen LogP contribution in [0.25, 0.3) is 11.0 Å². The molecule has 30 heavy (non-hydrogen) atoms. The van der Waals surface area contributed by atoms with Gasteiger partial charge in [0, 0.05) is 12.3 Å². The molecule has 0 bridgehead atoms. The Kier molecular flexibility index (Phi) is 5.75. The maximum Gasteiger partial charge on any atom is 0.321 e. The lowest BCUT2D eigenvalue weighted by molar-refractivity contribution is 0.251. The van der Waals surface area contributed by atoms with Crippen LogP contribution < -0.4 is 14.8 Å². The number of hydrogen-bond donors (Lipinski definition) is 3. The molecule has 4 rings (SSSR count). The number of imidazole rings is 1. The van der Waals surface area contributed by atoms with Crippen molar-refractivity contribution >= 4 is 35.1 Å². The zero-order valence-corrected chi connectivity index (χ0v) is 16.2. The number of aromatic nitrogens is 3. The zero-order chi connectivity index (χ0) is 20.9. The zero-order valence-electron chi connectivity index (χ0n) is 15.4. The van der Waals surface area contributed by atoms with Crippen LogP contribution in [0, 0.1) is 11.6 Å². The van der Waals surface area contributed by atoms with E-state index >= 15 is 0 Å². The topological polar surface area (TPSA) is 91.9 Å². The Hall–Kier alpha value is -3.66. The maximum atomic E-state index is 13.7. The Bertz CT molecular complexity index is 1170. The molecule has 4 aromatic rings. The van der Waals surface area contributed by atoms with E-state index in [4.69, 9.17) is 4.18 Å². The third-order valence-electron chi connectivity index (χ3n) is 3.98. The molecule has 0 saturated carbocycles. The number of fused-ring (bicyclic) bond motifs is 1. The van der Waals surface area contributed by atoms with Gasteiger partial charge in [0.15, 0.2) is 0 Å². The number of rotatable bonds is 6. The van der Waals surface area contributed by atoms with E-state index in [2.05, 4.69) is 25.6 Å². The second-order valence-corrected chi connectivity index (χ2v) is 6.85. The van der Waals surface area contributed by atoms with E-state index in [0.717, 1.165) is 17.8 Å². The fourth-order valence-electron chi connectivity index (χ4n) is 2.58. The lowest BCUT2D eigenvalue weighted by Gasteiger charge is -2.05. The summed E-state index contributed by atoms with van der Waals surface area (Å²) in [5, 5.41) is 5.28. The van der Waals surface area contributed by atoms with E-state index in [1.807, 2.05) is 6.07 Å². The van der Waals surface area contributed by atoms with Crippen LogP contribution >= 0.6 is 12.0 Å². The summed E-state index contributed by atoms with van der Waals surface area (Å²) < 4.78 is 32.8. The Morgan fingerprint density at radius 2 is 1.93 bits per heavy atom. The molecular weight excluding hydrogens is 412 g/mol. The summed E-state index contributed by atoms with van der Waals surface area (Å²) in [6.45, 7) is 0.273. The van der Waals surface area contributed by atoms with E-state index in [0.29, 0.717) is 28.8 Å². The minimum absolute atomic E-state index is 0.228. The van der Waals surface area contributed by atoms with Gasteiger partial charge in [-0.3, -0.25) is 10.3 Å². The number of nitrogens with one attached hydrogen (secondary N) is 3. The van der Waals surface area contributed by atoms with E-state index < -0.39 is 17.7 Å². The van der Waals surface area contributed by atoms with E-state index in [9.17, 15) is 13.6 Å². The minimum atomic E-state index is -0.703. The molecule has 2 aromatic heterocycles. The van der Waals surface area contributed by atoms with Crippen LogP contribution in [0.4, 0.5) is 19.5 Å². The van der Waals surface area contributed by atoms with E-state index in [1.54, 1.807) is 36.5 Å². The van der Waals surface area contributed by atoms with Crippen molar-refractivity contribution in [3.05, 3.63) is 78.1 Å². The summed E-state index contributed by atoms with van der Waals surface area (Å²) in [5.74, 6) is -0.796. The lowest BCUT2D eigenvalue weighted by Crippen LogP contribution is -2.28. The van der Waals surface area contributed by atoms with Crippen LogP contribution in [0.2, 0.25) is 0 Å². The molecule has 10 heteroatoms. The van der Waals surface area contributed by atoms with Crippen LogP contribution in [0.15, 0.2) is 65.7 Å². The van der Waals surface area contributed by atoms with Crippen molar-refractivity contribution in [3.63, 3.8) is 0 Å². The third kappa shape index (κ3) is 4.66. The highest BCUT2D eigenvalue weighted by Crippen LogP contribution is 2.29. The van der Waals surface area contributed by atoms with Crippen LogP contribution in [0.3, 0.4) is 0 Å². The lowest BCUT2D eigenvalue weighted by atomic mass is 10.3. The molecule has 3 N–H and O–H groups in total. The Morgan fingerprint density at radius 3 is 2.70 bits per heavy atom. The van der Waals surface area contributed by atoms with Gasteiger partial charge >= 0.3 is 6.03 Å². The fourth-order valence-corrected chi connectivity index (χ4v) is 3.16. The summed E-state index contributed by atoms with van der Waals surface area (Å²) in [6, 6.07) is 13.5. The second-order valence-electron chi connectivity index (χ2n) is 6.11. The highest BCUT2D eigenvalue weighted by molar-refractivity contribution is 7.95. The molecule has 2 amide bonds. The third-order valence-corrected chi connectivity index (χ3v) is 4.81. The molecule has 152 valence electrons. The maximum absolute atomic E-state index is 13.7. The summed E-state index contributed by atoms with van der Waals surface area (Å²) in [4.78, 5) is 23.2. The normalized spacial score (nSPS) is 10.7. The molecular formula is C20H15F2N5O2S. The molecule has 0 atom stereocenters. The molecule has 0 fully saturated rings. The van der Waals surface area contributed by atoms with Crippen molar-refractivity contribution in [1.82, 2.24) is 20.3 Å². The van der Waals surface area contributed by atoms with Crippen molar-refractivity contribution in [1.29, 1.82) is 0 Å². The molecule has 0 aliphatic heterocycles. The van der Waals surface area contributed by atoms with Gasteiger partial charge in [0.05, 0.1) is 35.3 Å². The largest absolute Gasteiger partial charge is 0.420 e. The Labute approximate surface area is 174 Å². The number of halogens is 2. The molecule has 0 unspecified atom stereocenters. The smallest absolute Gasteiger partial charge is 0.321 e. The Morgan fingerprint density at radius 1 is 1.10 bits per heavy atom. The number of amides is 2. The quantitative estimate of drug-likeness (QED) is 0.390. The van der Waals surface area contributed by atoms with Crippen LogP contribution in [-0.4, -0.2) is 21.0 Å². The SMILES string of the molecule is O=C(NCc1ccccn1)Nc1nc2ccc(OSc3c(F)cccc3F)cc2[nH]1. The van der Waals surface area contributed by atoms with Gasteiger partial charge in [-0.05, 0) is 36.4 Å². The fraction of sp³-hybridized carbons (Fsp3) is 0.0500. The molecule has 7 nitrogen and oxygen atoms in total.